The summed E-state index contributed by atoms with van der Waals surface area (Å²) in [7, 11) is 4.03. The molecule has 0 aliphatic carbocycles. The van der Waals surface area contributed by atoms with E-state index < -0.39 is 0 Å². The minimum Gasteiger partial charge on any atom is -0.441 e. The highest BCUT2D eigenvalue weighted by atomic mass is 16.4. The predicted molar refractivity (Wildman–Crippen MR) is 103 cm³/mol. The summed E-state index contributed by atoms with van der Waals surface area (Å²) < 4.78 is 5.72. The van der Waals surface area contributed by atoms with Gasteiger partial charge in [-0.1, -0.05) is 30.3 Å². The monoisotopic (exact) mass is 349 g/mol. The van der Waals surface area contributed by atoms with Crippen LogP contribution in [0.5, 0.6) is 0 Å². The number of nitrogens with zero attached hydrogens (tertiary/aromatic N) is 2. The van der Waals surface area contributed by atoms with Crippen molar-refractivity contribution in [3.05, 3.63) is 71.6 Å². The van der Waals surface area contributed by atoms with E-state index >= 15 is 0 Å². The van der Waals surface area contributed by atoms with Crippen molar-refractivity contribution in [3.8, 4) is 11.5 Å². The molecule has 5 nitrogen and oxygen atoms in total. The molecule has 134 valence electrons. The zero-order chi connectivity index (χ0) is 18.5. The molecule has 0 spiro atoms. The Hall–Kier alpha value is -2.92. The van der Waals surface area contributed by atoms with Gasteiger partial charge in [-0.25, -0.2) is 4.98 Å². The third-order valence-electron chi connectivity index (χ3n) is 3.95. The van der Waals surface area contributed by atoms with E-state index in [1.165, 1.54) is 0 Å². The largest absolute Gasteiger partial charge is 0.441 e. The molecule has 3 aromatic rings. The number of aryl methyl sites for hydroxylation is 1. The van der Waals surface area contributed by atoms with Crippen LogP contribution in [-0.4, -0.2) is 29.9 Å². The molecule has 5 heteroatoms. The quantitative estimate of drug-likeness (QED) is 0.733. The highest BCUT2D eigenvalue weighted by molar-refractivity contribution is 5.92. The number of aromatic nitrogens is 1. The number of hydrogen-bond acceptors (Lipinski definition) is 4. The summed E-state index contributed by atoms with van der Waals surface area (Å²) in [4.78, 5) is 19.0. The van der Waals surface area contributed by atoms with E-state index in [-0.39, 0.29) is 12.3 Å². The van der Waals surface area contributed by atoms with E-state index in [0.29, 0.717) is 17.3 Å². The van der Waals surface area contributed by atoms with Crippen LogP contribution >= 0.6 is 0 Å². The molecule has 1 aromatic heterocycles. The van der Waals surface area contributed by atoms with E-state index in [1.807, 2.05) is 75.6 Å². The molecule has 1 heterocycles. The molecule has 0 saturated carbocycles. The number of amides is 1. The Morgan fingerprint density at radius 2 is 1.88 bits per heavy atom. The van der Waals surface area contributed by atoms with Gasteiger partial charge in [0.25, 0.3) is 0 Å². The second-order valence-electron chi connectivity index (χ2n) is 6.55. The van der Waals surface area contributed by atoms with Crippen molar-refractivity contribution in [3.63, 3.8) is 0 Å². The fraction of sp³-hybridized carbons (Fsp3) is 0.238. The van der Waals surface area contributed by atoms with Crippen molar-refractivity contribution >= 4 is 11.6 Å². The third kappa shape index (κ3) is 4.58. The maximum Gasteiger partial charge on any atom is 0.230 e. The van der Waals surface area contributed by atoms with Gasteiger partial charge in [0.2, 0.25) is 11.8 Å². The fourth-order valence-electron chi connectivity index (χ4n) is 2.77. The van der Waals surface area contributed by atoms with Gasteiger partial charge in [-0.2, -0.15) is 0 Å². The van der Waals surface area contributed by atoms with Crippen molar-refractivity contribution in [1.29, 1.82) is 0 Å². The van der Waals surface area contributed by atoms with Gasteiger partial charge >= 0.3 is 0 Å². The molecule has 0 radical (unpaired) electrons. The highest BCUT2D eigenvalue weighted by Gasteiger charge is 2.15. The SMILES string of the molecule is Cc1oc(-c2ccccc2)nc1CC(=O)Nc1cccc(CN(C)C)c1. The first kappa shape index (κ1) is 17.9. The maximum atomic E-state index is 12.4. The van der Waals surface area contributed by atoms with Crippen LogP contribution in [0.4, 0.5) is 5.69 Å². The number of hydrogen-bond donors (Lipinski definition) is 1. The Morgan fingerprint density at radius 1 is 1.12 bits per heavy atom. The lowest BCUT2D eigenvalue weighted by molar-refractivity contribution is -0.115. The smallest absolute Gasteiger partial charge is 0.230 e. The van der Waals surface area contributed by atoms with Crippen LogP contribution < -0.4 is 5.32 Å². The van der Waals surface area contributed by atoms with Crippen LogP contribution in [-0.2, 0) is 17.8 Å². The second-order valence-corrected chi connectivity index (χ2v) is 6.55. The number of oxazole rings is 1. The first-order chi connectivity index (χ1) is 12.5. The van der Waals surface area contributed by atoms with Gasteiger partial charge in [0, 0.05) is 17.8 Å². The Morgan fingerprint density at radius 3 is 2.62 bits per heavy atom. The van der Waals surface area contributed by atoms with Gasteiger partial charge < -0.3 is 14.6 Å². The van der Waals surface area contributed by atoms with E-state index in [4.69, 9.17) is 4.42 Å². The van der Waals surface area contributed by atoms with Crippen molar-refractivity contribution in [2.45, 2.75) is 19.9 Å². The summed E-state index contributed by atoms with van der Waals surface area (Å²) in [5.74, 6) is 1.10. The summed E-state index contributed by atoms with van der Waals surface area (Å²) in [6.45, 7) is 2.66. The number of nitrogens with one attached hydrogen (secondary N) is 1. The molecule has 0 unspecified atom stereocenters. The molecular weight excluding hydrogens is 326 g/mol. The van der Waals surface area contributed by atoms with Gasteiger partial charge in [-0.15, -0.1) is 0 Å². The lowest BCUT2D eigenvalue weighted by Crippen LogP contribution is -2.16. The first-order valence-corrected chi connectivity index (χ1v) is 8.56. The minimum absolute atomic E-state index is 0.108. The van der Waals surface area contributed by atoms with Crippen LogP contribution in [0.2, 0.25) is 0 Å². The van der Waals surface area contributed by atoms with Crippen LogP contribution in [0.25, 0.3) is 11.5 Å². The average Bonchev–Trinajstić information content (AvgIpc) is 2.96. The Bertz CT molecular complexity index is 885. The molecule has 0 aliphatic heterocycles. The number of anilines is 1. The van der Waals surface area contributed by atoms with Gasteiger partial charge in [-0.3, -0.25) is 4.79 Å². The number of benzene rings is 2. The Kier molecular flexibility index (Phi) is 5.49. The normalized spacial score (nSPS) is 10.9. The number of carbonyl (C=O) groups is 1. The van der Waals surface area contributed by atoms with Crippen LogP contribution in [0.3, 0.4) is 0 Å². The average molecular weight is 349 g/mol. The molecule has 0 aliphatic rings. The fourth-order valence-corrected chi connectivity index (χ4v) is 2.77. The van der Waals surface area contributed by atoms with Crippen molar-refractivity contribution in [2.24, 2.45) is 0 Å². The predicted octanol–water partition coefficient (Wildman–Crippen LogP) is 3.89. The Labute approximate surface area is 153 Å². The summed E-state index contributed by atoms with van der Waals surface area (Å²) >= 11 is 0. The molecule has 0 atom stereocenters. The molecule has 0 saturated heterocycles. The number of rotatable bonds is 6. The topological polar surface area (TPSA) is 58.4 Å². The van der Waals surface area contributed by atoms with Gasteiger partial charge in [-0.05, 0) is 50.8 Å². The number of carbonyl (C=O) groups excluding carboxylic acids is 1. The van der Waals surface area contributed by atoms with Crippen LogP contribution in [0.1, 0.15) is 17.0 Å². The van der Waals surface area contributed by atoms with E-state index in [0.717, 1.165) is 23.4 Å². The summed E-state index contributed by atoms with van der Waals surface area (Å²) in [6.07, 6.45) is 0.181. The molecule has 3 rings (SSSR count). The standard InChI is InChI=1S/C21H23N3O2/c1-15-19(23-21(26-15)17-9-5-4-6-10-17)13-20(25)22-18-11-7-8-16(12-18)14-24(2)3/h4-12H,13-14H2,1-3H3,(H,22,25). The van der Waals surface area contributed by atoms with Gasteiger partial charge in [0.05, 0.1) is 12.1 Å². The zero-order valence-electron chi connectivity index (χ0n) is 15.3. The van der Waals surface area contributed by atoms with Crippen LogP contribution in [0, 0.1) is 6.92 Å². The van der Waals surface area contributed by atoms with E-state index in [9.17, 15) is 4.79 Å². The van der Waals surface area contributed by atoms with Crippen molar-refractivity contribution in [1.82, 2.24) is 9.88 Å². The van der Waals surface area contributed by atoms with Crippen molar-refractivity contribution in [2.75, 3.05) is 19.4 Å². The summed E-state index contributed by atoms with van der Waals surface area (Å²) in [5.41, 5.74) is 3.50. The van der Waals surface area contributed by atoms with Crippen molar-refractivity contribution < 1.29 is 9.21 Å². The minimum atomic E-state index is -0.108. The molecule has 1 N–H and O–H groups in total. The van der Waals surface area contributed by atoms with E-state index in [2.05, 4.69) is 15.2 Å². The first-order valence-electron chi connectivity index (χ1n) is 8.56. The summed E-state index contributed by atoms with van der Waals surface area (Å²) in [6, 6.07) is 17.6. The maximum absolute atomic E-state index is 12.4. The third-order valence-corrected chi connectivity index (χ3v) is 3.95. The molecule has 0 bridgehead atoms. The summed E-state index contributed by atoms with van der Waals surface area (Å²) in [5, 5.41) is 2.94. The molecule has 0 fully saturated rings. The molecule has 2 aromatic carbocycles. The molecule has 1 amide bonds. The molecular formula is C21H23N3O2. The lowest BCUT2D eigenvalue weighted by atomic mass is 10.2. The van der Waals surface area contributed by atoms with Crippen LogP contribution in [0.15, 0.2) is 59.0 Å². The highest BCUT2D eigenvalue weighted by Crippen LogP contribution is 2.22. The van der Waals surface area contributed by atoms with E-state index in [1.54, 1.807) is 0 Å². The lowest BCUT2D eigenvalue weighted by Gasteiger charge is -2.11. The Balaban J connectivity index is 1.68. The molecule has 26 heavy (non-hydrogen) atoms. The second kappa shape index (κ2) is 7.97. The van der Waals surface area contributed by atoms with Gasteiger partial charge in [0.1, 0.15) is 5.76 Å². The van der Waals surface area contributed by atoms with Gasteiger partial charge in [0.15, 0.2) is 0 Å². The zero-order valence-corrected chi connectivity index (χ0v) is 15.3.